The molecular weight excluding hydrogens is 301 g/mol. The van der Waals surface area contributed by atoms with Crippen LogP contribution in [0.4, 0.5) is 10.2 Å². The zero-order valence-electron chi connectivity index (χ0n) is 12.7. The monoisotopic (exact) mass is 319 g/mol. The van der Waals surface area contributed by atoms with E-state index in [1.54, 1.807) is 16.9 Å². The van der Waals surface area contributed by atoms with Crippen molar-refractivity contribution in [2.75, 3.05) is 5.32 Å². The van der Waals surface area contributed by atoms with Crippen molar-refractivity contribution in [3.63, 3.8) is 0 Å². The third-order valence-electron chi connectivity index (χ3n) is 3.43. The normalized spacial score (nSPS) is 11.9. The van der Waals surface area contributed by atoms with Crippen LogP contribution in [-0.2, 0) is 16.1 Å². The SMILES string of the molecule is CCn1ccc(NC(=O)CC(CC(=O)O)c2ccc(F)cc2)n1. The number of carboxylic acids is 1. The summed E-state index contributed by atoms with van der Waals surface area (Å²) in [7, 11) is 0. The van der Waals surface area contributed by atoms with Crippen LogP contribution < -0.4 is 5.32 Å². The number of carboxylic acid groups (broad SMARTS) is 1. The molecule has 1 aromatic carbocycles. The van der Waals surface area contributed by atoms with Gasteiger partial charge in [-0.25, -0.2) is 4.39 Å². The average Bonchev–Trinajstić information content (AvgIpc) is 2.94. The maximum absolute atomic E-state index is 13.0. The lowest BCUT2D eigenvalue weighted by Gasteiger charge is -2.14. The summed E-state index contributed by atoms with van der Waals surface area (Å²) in [5.41, 5.74) is 0.614. The minimum absolute atomic E-state index is 0.0169. The van der Waals surface area contributed by atoms with Gasteiger partial charge >= 0.3 is 5.97 Å². The summed E-state index contributed by atoms with van der Waals surface area (Å²) < 4.78 is 14.7. The van der Waals surface area contributed by atoms with Crippen molar-refractivity contribution in [3.05, 3.63) is 47.9 Å². The first kappa shape index (κ1) is 16.7. The number of hydrogen-bond acceptors (Lipinski definition) is 3. The van der Waals surface area contributed by atoms with Crippen molar-refractivity contribution in [1.29, 1.82) is 0 Å². The Hall–Kier alpha value is -2.70. The van der Waals surface area contributed by atoms with Crippen LogP contribution in [0.25, 0.3) is 0 Å². The summed E-state index contributed by atoms with van der Waals surface area (Å²) in [6, 6.07) is 7.19. The molecule has 0 saturated carbocycles. The van der Waals surface area contributed by atoms with Gasteiger partial charge in [0.25, 0.3) is 0 Å². The Bertz CT molecular complexity index is 682. The lowest BCUT2D eigenvalue weighted by molar-refractivity contribution is -0.137. The number of halogens is 1. The van der Waals surface area contributed by atoms with Crippen molar-refractivity contribution in [2.45, 2.75) is 32.2 Å². The number of aromatic nitrogens is 2. The molecule has 0 aliphatic heterocycles. The van der Waals surface area contributed by atoms with Gasteiger partial charge in [0.05, 0.1) is 6.42 Å². The molecule has 2 aromatic rings. The Balaban J connectivity index is 2.05. The highest BCUT2D eigenvalue weighted by Gasteiger charge is 2.20. The second-order valence-corrected chi connectivity index (χ2v) is 5.16. The first-order chi connectivity index (χ1) is 11.0. The summed E-state index contributed by atoms with van der Waals surface area (Å²) in [5, 5.41) is 15.8. The van der Waals surface area contributed by atoms with Gasteiger partial charge in [-0.1, -0.05) is 12.1 Å². The number of nitrogens with one attached hydrogen (secondary N) is 1. The molecule has 7 heteroatoms. The molecular formula is C16H18FN3O3. The molecule has 23 heavy (non-hydrogen) atoms. The zero-order chi connectivity index (χ0) is 16.8. The first-order valence-corrected chi connectivity index (χ1v) is 7.28. The van der Waals surface area contributed by atoms with E-state index in [4.69, 9.17) is 5.11 Å². The minimum atomic E-state index is -1.01. The van der Waals surface area contributed by atoms with Gasteiger partial charge in [0.1, 0.15) is 5.82 Å². The smallest absolute Gasteiger partial charge is 0.303 e. The predicted octanol–water partition coefficient (Wildman–Crippen LogP) is 2.63. The lowest BCUT2D eigenvalue weighted by atomic mass is 9.92. The number of carbonyl (C=O) groups excluding carboxylic acids is 1. The van der Waals surface area contributed by atoms with Crippen LogP contribution in [0.2, 0.25) is 0 Å². The predicted molar refractivity (Wildman–Crippen MR) is 82.5 cm³/mol. The number of anilines is 1. The van der Waals surface area contributed by atoms with Gasteiger partial charge in [0, 0.05) is 31.1 Å². The van der Waals surface area contributed by atoms with E-state index in [1.165, 1.54) is 24.3 Å². The number of rotatable bonds is 7. The van der Waals surface area contributed by atoms with E-state index in [2.05, 4.69) is 10.4 Å². The summed E-state index contributed by atoms with van der Waals surface area (Å²) >= 11 is 0. The van der Waals surface area contributed by atoms with Crippen LogP contribution >= 0.6 is 0 Å². The van der Waals surface area contributed by atoms with E-state index >= 15 is 0 Å². The lowest BCUT2D eigenvalue weighted by Crippen LogP contribution is -2.18. The van der Waals surface area contributed by atoms with E-state index in [0.717, 1.165) is 0 Å². The van der Waals surface area contributed by atoms with Crippen LogP contribution in [0.5, 0.6) is 0 Å². The number of aryl methyl sites for hydroxylation is 1. The van der Waals surface area contributed by atoms with Crippen LogP contribution in [-0.4, -0.2) is 26.8 Å². The molecule has 1 aromatic heterocycles. The van der Waals surface area contributed by atoms with Gasteiger partial charge in [-0.2, -0.15) is 5.10 Å². The van der Waals surface area contributed by atoms with E-state index < -0.39 is 17.7 Å². The molecule has 0 bridgehead atoms. The van der Waals surface area contributed by atoms with Crippen molar-refractivity contribution < 1.29 is 19.1 Å². The van der Waals surface area contributed by atoms with Crippen molar-refractivity contribution in [2.24, 2.45) is 0 Å². The van der Waals surface area contributed by atoms with Gasteiger partial charge in [-0.05, 0) is 24.6 Å². The van der Waals surface area contributed by atoms with Gasteiger partial charge in [-0.3, -0.25) is 14.3 Å². The molecule has 0 fully saturated rings. The molecule has 122 valence electrons. The third-order valence-corrected chi connectivity index (χ3v) is 3.43. The fourth-order valence-electron chi connectivity index (χ4n) is 2.28. The number of nitrogens with zero attached hydrogens (tertiary/aromatic N) is 2. The first-order valence-electron chi connectivity index (χ1n) is 7.28. The molecule has 1 amide bonds. The number of benzene rings is 1. The maximum atomic E-state index is 13.0. The second kappa shape index (κ2) is 7.53. The standard InChI is InChI=1S/C16H18FN3O3/c1-2-20-8-7-14(19-20)18-15(21)9-12(10-16(22)23)11-3-5-13(17)6-4-11/h3-8,12H,2,9-10H2,1H3,(H,22,23)(H,18,19,21). The topological polar surface area (TPSA) is 84.2 Å². The average molecular weight is 319 g/mol. The van der Waals surface area contributed by atoms with Crippen LogP contribution in [0.3, 0.4) is 0 Å². The van der Waals surface area contributed by atoms with E-state index in [9.17, 15) is 14.0 Å². The number of aliphatic carboxylic acids is 1. The Kier molecular flexibility index (Phi) is 5.46. The van der Waals surface area contributed by atoms with Gasteiger partial charge in [-0.15, -0.1) is 0 Å². The highest BCUT2D eigenvalue weighted by molar-refractivity contribution is 5.90. The molecule has 0 aliphatic rings. The maximum Gasteiger partial charge on any atom is 0.303 e. The van der Waals surface area contributed by atoms with Gasteiger partial charge < -0.3 is 10.4 Å². The largest absolute Gasteiger partial charge is 0.481 e. The summed E-state index contributed by atoms with van der Waals surface area (Å²) in [6.07, 6.45) is 1.52. The summed E-state index contributed by atoms with van der Waals surface area (Å²) in [6.45, 7) is 2.61. The molecule has 0 radical (unpaired) electrons. The zero-order valence-corrected chi connectivity index (χ0v) is 12.7. The highest BCUT2D eigenvalue weighted by atomic mass is 19.1. The molecule has 2 rings (SSSR count). The van der Waals surface area contributed by atoms with Crippen LogP contribution in [0.1, 0.15) is 31.2 Å². The summed E-state index contributed by atoms with van der Waals surface area (Å²) in [5.74, 6) is -1.85. The molecule has 1 unspecified atom stereocenters. The quantitative estimate of drug-likeness (QED) is 0.821. The number of amides is 1. The third kappa shape index (κ3) is 4.91. The molecule has 0 spiro atoms. The molecule has 2 N–H and O–H groups in total. The van der Waals surface area contributed by atoms with Crippen molar-refractivity contribution in [3.8, 4) is 0 Å². The molecule has 6 nitrogen and oxygen atoms in total. The van der Waals surface area contributed by atoms with E-state index in [0.29, 0.717) is 17.9 Å². The number of hydrogen-bond donors (Lipinski definition) is 2. The molecule has 1 atom stereocenters. The second-order valence-electron chi connectivity index (χ2n) is 5.16. The fourth-order valence-corrected chi connectivity index (χ4v) is 2.28. The van der Waals surface area contributed by atoms with Crippen LogP contribution in [0, 0.1) is 5.82 Å². The fraction of sp³-hybridized carbons (Fsp3) is 0.312. The van der Waals surface area contributed by atoms with E-state index in [1.807, 2.05) is 6.92 Å². The Morgan fingerprint density at radius 1 is 1.26 bits per heavy atom. The highest BCUT2D eigenvalue weighted by Crippen LogP contribution is 2.24. The van der Waals surface area contributed by atoms with E-state index in [-0.39, 0.29) is 18.7 Å². The number of carbonyl (C=O) groups is 2. The molecule has 1 heterocycles. The van der Waals surface area contributed by atoms with Crippen molar-refractivity contribution >= 4 is 17.7 Å². The van der Waals surface area contributed by atoms with Gasteiger partial charge in [0.15, 0.2) is 5.82 Å². The minimum Gasteiger partial charge on any atom is -0.481 e. The molecule has 0 saturated heterocycles. The Morgan fingerprint density at radius 3 is 2.52 bits per heavy atom. The van der Waals surface area contributed by atoms with Crippen LogP contribution in [0.15, 0.2) is 36.5 Å². The Morgan fingerprint density at radius 2 is 1.96 bits per heavy atom. The molecule has 0 aliphatic carbocycles. The van der Waals surface area contributed by atoms with Gasteiger partial charge in [0.2, 0.25) is 5.91 Å². The summed E-state index contributed by atoms with van der Waals surface area (Å²) in [4.78, 5) is 23.1. The Labute approximate surface area is 132 Å². The van der Waals surface area contributed by atoms with Crippen molar-refractivity contribution in [1.82, 2.24) is 9.78 Å².